The van der Waals surface area contributed by atoms with Crippen LogP contribution in [-0.4, -0.2) is 38.4 Å². The zero-order valence-corrected chi connectivity index (χ0v) is 16.6. The highest BCUT2D eigenvalue weighted by Crippen LogP contribution is 2.28. The number of hydrogen-bond acceptors (Lipinski definition) is 7. The Bertz CT molecular complexity index is 1150. The average Bonchev–Trinajstić information content (AvgIpc) is 3.25. The standard InChI is InChI=1S/C18H17N5O2S2/c1-10-6-15-21-22-18(23(15)14-7-12(25-3)4-5-13(10)14)27-9-16(24)20-17-19-11(2)8-26-17/h4-8H,9H2,1-3H3,(H,19,20,24). The first kappa shape index (κ1) is 17.7. The van der Waals surface area contributed by atoms with Crippen molar-refractivity contribution in [3.8, 4) is 5.75 Å². The summed E-state index contributed by atoms with van der Waals surface area (Å²) in [6.07, 6.45) is 0. The van der Waals surface area contributed by atoms with Crippen LogP contribution in [0.2, 0.25) is 0 Å². The molecule has 0 bridgehead atoms. The lowest BCUT2D eigenvalue weighted by Gasteiger charge is -2.09. The van der Waals surface area contributed by atoms with Gasteiger partial charge < -0.3 is 10.1 Å². The van der Waals surface area contributed by atoms with Gasteiger partial charge in [0.05, 0.1) is 24.1 Å². The maximum atomic E-state index is 12.2. The van der Waals surface area contributed by atoms with Gasteiger partial charge in [0.2, 0.25) is 5.91 Å². The first-order valence-corrected chi connectivity index (χ1v) is 10.1. The van der Waals surface area contributed by atoms with Gasteiger partial charge in [0.15, 0.2) is 15.9 Å². The number of benzene rings is 1. The minimum atomic E-state index is -0.125. The number of thioether (sulfide) groups is 1. The summed E-state index contributed by atoms with van der Waals surface area (Å²) in [5, 5.41) is 15.6. The van der Waals surface area contributed by atoms with E-state index in [2.05, 4.69) is 20.5 Å². The van der Waals surface area contributed by atoms with Crippen molar-refractivity contribution in [1.82, 2.24) is 19.6 Å². The van der Waals surface area contributed by atoms with Crippen LogP contribution >= 0.6 is 23.1 Å². The summed E-state index contributed by atoms with van der Waals surface area (Å²) in [5.41, 5.74) is 3.70. The summed E-state index contributed by atoms with van der Waals surface area (Å²) in [6.45, 7) is 3.93. The first-order valence-electron chi connectivity index (χ1n) is 8.22. The molecule has 0 aliphatic carbocycles. The van der Waals surface area contributed by atoms with Gasteiger partial charge in [0, 0.05) is 16.8 Å². The molecular formula is C18H17N5O2S2. The fourth-order valence-electron chi connectivity index (χ4n) is 2.82. The zero-order valence-electron chi connectivity index (χ0n) is 15.0. The quantitative estimate of drug-likeness (QED) is 0.516. The van der Waals surface area contributed by atoms with Gasteiger partial charge in [-0.3, -0.25) is 9.20 Å². The molecule has 0 aliphatic heterocycles. The number of thiazole rings is 1. The van der Waals surface area contributed by atoms with Gasteiger partial charge in [-0.1, -0.05) is 11.8 Å². The Morgan fingerprint density at radius 1 is 1.30 bits per heavy atom. The molecule has 0 spiro atoms. The Morgan fingerprint density at radius 2 is 2.15 bits per heavy atom. The number of nitrogens with zero attached hydrogens (tertiary/aromatic N) is 4. The molecule has 4 aromatic rings. The molecule has 0 atom stereocenters. The molecule has 0 aliphatic rings. The number of carbonyl (C=O) groups excluding carboxylic acids is 1. The number of aryl methyl sites for hydroxylation is 2. The summed E-state index contributed by atoms with van der Waals surface area (Å²) in [5.74, 6) is 0.856. The lowest BCUT2D eigenvalue weighted by Crippen LogP contribution is -2.14. The average molecular weight is 400 g/mol. The Kier molecular flexibility index (Phi) is 4.71. The van der Waals surface area contributed by atoms with Gasteiger partial charge in [0.25, 0.3) is 0 Å². The van der Waals surface area contributed by atoms with Gasteiger partial charge >= 0.3 is 0 Å². The monoisotopic (exact) mass is 399 g/mol. The molecule has 3 heterocycles. The smallest absolute Gasteiger partial charge is 0.236 e. The van der Waals surface area contributed by atoms with Crippen molar-refractivity contribution in [3.63, 3.8) is 0 Å². The molecule has 9 heteroatoms. The van der Waals surface area contributed by atoms with E-state index in [9.17, 15) is 4.79 Å². The van der Waals surface area contributed by atoms with Crippen molar-refractivity contribution in [2.24, 2.45) is 0 Å². The molecule has 4 rings (SSSR count). The molecule has 1 N–H and O–H groups in total. The van der Waals surface area contributed by atoms with Crippen LogP contribution in [0.5, 0.6) is 5.75 Å². The van der Waals surface area contributed by atoms with E-state index in [4.69, 9.17) is 4.74 Å². The topological polar surface area (TPSA) is 81.4 Å². The van der Waals surface area contributed by atoms with Gasteiger partial charge in [-0.15, -0.1) is 21.5 Å². The molecule has 27 heavy (non-hydrogen) atoms. The minimum absolute atomic E-state index is 0.125. The van der Waals surface area contributed by atoms with Crippen LogP contribution in [0, 0.1) is 13.8 Å². The number of fused-ring (bicyclic) bond motifs is 3. The molecule has 138 valence electrons. The molecule has 0 saturated carbocycles. The molecule has 0 fully saturated rings. The molecule has 7 nitrogen and oxygen atoms in total. The van der Waals surface area contributed by atoms with Crippen molar-refractivity contribution >= 4 is 50.7 Å². The Balaban J connectivity index is 1.63. The molecular weight excluding hydrogens is 382 g/mol. The summed E-state index contributed by atoms with van der Waals surface area (Å²) < 4.78 is 7.32. The predicted octanol–water partition coefficient (Wildman–Crippen LogP) is 3.70. The number of carbonyl (C=O) groups is 1. The van der Waals surface area contributed by atoms with Crippen molar-refractivity contribution in [3.05, 3.63) is 40.9 Å². The second-order valence-electron chi connectivity index (χ2n) is 6.02. The van der Waals surface area contributed by atoms with Crippen LogP contribution in [0.25, 0.3) is 16.6 Å². The Labute approximate surface area is 163 Å². The van der Waals surface area contributed by atoms with Gasteiger partial charge in [0.1, 0.15) is 5.75 Å². The lowest BCUT2D eigenvalue weighted by molar-refractivity contribution is -0.113. The predicted molar refractivity (Wildman–Crippen MR) is 108 cm³/mol. The largest absolute Gasteiger partial charge is 0.497 e. The molecule has 0 saturated heterocycles. The third kappa shape index (κ3) is 3.47. The van der Waals surface area contributed by atoms with E-state index in [0.717, 1.165) is 33.6 Å². The zero-order chi connectivity index (χ0) is 19.0. The van der Waals surface area contributed by atoms with Crippen molar-refractivity contribution < 1.29 is 9.53 Å². The number of hydrogen-bond donors (Lipinski definition) is 1. The van der Waals surface area contributed by atoms with E-state index in [1.54, 1.807) is 7.11 Å². The third-order valence-electron chi connectivity index (χ3n) is 4.07. The van der Waals surface area contributed by atoms with E-state index in [1.165, 1.54) is 23.1 Å². The van der Waals surface area contributed by atoms with Crippen LogP contribution in [0.4, 0.5) is 5.13 Å². The number of amides is 1. The number of methoxy groups -OCH3 is 1. The molecule has 0 unspecified atom stereocenters. The van der Waals surface area contributed by atoms with Crippen LogP contribution < -0.4 is 10.1 Å². The number of ether oxygens (including phenoxy) is 1. The number of anilines is 1. The molecule has 1 amide bonds. The Morgan fingerprint density at radius 3 is 2.89 bits per heavy atom. The molecule has 3 aromatic heterocycles. The minimum Gasteiger partial charge on any atom is -0.497 e. The van der Waals surface area contributed by atoms with Crippen LogP contribution in [0.3, 0.4) is 0 Å². The van der Waals surface area contributed by atoms with E-state index in [1.807, 2.05) is 47.9 Å². The number of aromatic nitrogens is 4. The van der Waals surface area contributed by atoms with Gasteiger partial charge in [-0.05, 0) is 37.6 Å². The highest BCUT2D eigenvalue weighted by atomic mass is 32.2. The van der Waals surface area contributed by atoms with Gasteiger partial charge in [-0.2, -0.15) is 0 Å². The normalized spacial score (nSPS) is 11.2. The van der Waals surface area contributed by atoms with Gasteiger partial charge in [-0.25, -0.2) is 4.98 Å². The summed E-state index contributed by atoms with van der Waals surface area (Å²) in [7, 11) is 1.64. The highest BCUT2D eigenvalue weighted by molar-refractivity contribution is 7.99. The summed E-state index contributed by atoms with van der Waals surface area (Å²) in [6, 6.07) is 7.90. The first-order chi connectivity index (χ1) is 13.0. The van der Waals surface area contributed by atoms with Crippen molar-refractivity contribution in [1.29, 1.82) is 0 Å². The molecule has 1 aromatic carbocycles. The van der Waals surface area contributed by atoms with Crippen molar-refractivity contribution in [2.75, 3.05) is 18.2 Å². The second-order valence-corrected chi connectivity index (χ2v) is 7.82. The highest BCUT2D eigenvalue weighted by Gasteiger charge is 2.14. The van der Waals surface area contributed by atoms with Crippen LogP contribution in [0.1, 0.15) is 11.3 Å². The summed E-state index contributed by atoms with van der Waals surface area (Å²) in [4.78, 5) is 16.5. The van der Waals surface area contributed by atoms with Crippen LogP contribution in [-0.2, 0) is 4.79 Å². The third-order valence-corrected chi connectivity index (χ3v) is 5.88. The van der Waals surface area contributed by atoms with E-state index in [-0.39, 0.29) is 11.7 Å². The lowest BCUT2D eigenvalue weighted by atomic mass is 10.1. The van der Waals surface area contributed by atoms with E-state index < -0.39 is 0 Å². The maximum Gasteiger partial charge on any atom is 0.236 e. The van der Waals surface area contributed by atoms with E-state index >= 15 is 0 Å². The SMILES string of the molecule is COc1ccc2c(C)cc3nnc(SCC(=O)Nc4nc(C)cs4)n3c2c1. The van der Waals surface area contributed by atoms with Crippen LogP contribution in [0.15, 0.2) is 34.8 Å². The fraction of sp³-hybridized carbons (Fsp3) is 0.222. The molecule has 0 radical (unpaired) electrons. The summed E-state index contributed by atoms with van der Waals surface area (Å²) >= 11 is 2.75. The van der Waals surface area contributed by atoms with Crippen molar-refractivity contribution in [2.45, 2.75) is 19.0 Å². The van der Waals surface area contributed by atoms with E-state index in [0.29, 0.717) is 10.3 Å². The number of pyridine rings is 1. The number of nitrogens with one attached hydrogen (secondary N) is 1. The maximum absolute atomic E-state index is 12.2. The fourth-order valence-corrected chi connectivity index (χ4v) is 4.28. The second kappa shape index (κ2) is 7.16. The number of rotatable bonds is 5. The Hall–Kier alpha value is -2.65.